The molecular weight excluding hydrogens is 178 g/mol. The van der Waals surface area contributed by atoms with Gasteiger partial charge in [-0.05, 0) is 13.8 Å². The molecule has 2 aromatic heterocycles. The topological polar surface area (TPSA) is 90.7 Å². The number of nitrogen functional groups attached to an aromatic ring is 2. The molecule has 0 aliphatic carbocycles. The van der Waals surface area contributed by atoms with Crippen molar-refractivity contribution in [1.82, 2.24) is 15.0 Å². The van der Waals surface area contributed by atoms with Crippen molar-refractivity contribution in [3.05, 3.63) is 17.6 Å². The summed E-state index contributed by atoms with van der Waals surface area (Å²) in [7, 11) is 0. The number of pyridine rings is 1. The first-order chi connectivity index (χ1) is 6.59. The summed E-state index contributed by atoms with van der Waals surface area (Å²) in [4.78, 5) is 12.3. The van der Waals surface area contributed by atoms with Crippen LogP contribution < -0.4 is 11.5 Å². The average Bonchev–Trinajstić information content (AvgIpc) is 2.10. The van der Waals surface area contributed by atoms with E-state index < -0.39 is 0 Å². The number of nitrogens with two attached hydrogens (primary N) is 2. The fourth-order valence-electron chi connectivity index (χ4n) is 1.45. The molecule has 0 saturated carbocycles. The number of rotatable bonds is 0. The van der Waals surface area contributed by atoms with E-state index in [2.05, 4.69) is 15.0 Å². The largest absolute Gasteiger partial charge is 0.383 e. The van der Waals surface area contributed by atoms with Gasteiger partial charge in [0.25, 0.3) is 0 Å². The van der Waals surface area contributed by atoms with Gasteiger partial charge in [-0.25, -0.2) is 15.0 Å². The number of hydrogen-bond acceptors (Lipinski definition) is 5. The number of fused-ring (bicyclic) bond motifs is 1. The highest BCUT2D eigenvalue weighted by Gasteiger charge is 2.08. The Hall–Kier alpha value is -1.91. The molecule has 5 heteroatoms. The van der Waals surface area contributed by atoms with Gasteiger partial charge < -0.3 is 11.5 Å². The number of aromatic nitrogens is 3. The first-order valence-electron chi connectivity index (χ1n) is 4.24. The van der Waals surface area contributed by atoms with Gasteiger partial charge in [0.1, 0.15) is 17.5 Å². The Morgan fingerprint density at radius 2 is 1.79 bits per heavy atom. The predicted octanol–water partition coefficient (Wildman–Crippen LogP) is 0.806. The van der Waals surface area contributed by atoms with Crippen LogP contribution in [0, 0.1) is 13.8 Å². The van der Waals surface area contributed by atoms with Crippen molar-refractivity contribution in [2.24, 2.45) is 0 Å². The summed E-state index contributed by atoms with van der Waals surface area (Å²) in [5.41, 5.74) is 13.0. The first-order valence-corrected chi connectivity index (χ1v) is 4.24. The van der Waals surface area contributed by atoms with E-state index >= 15 is 0 Å². The molecule has 0 bridgehead atoms. The van der Waals surface area contributed by atoms with Gasteiger partial charge >= 0.3 is 0 Å². The van der Waals surface area contributed by atoms with E-state index in [1.54, 1.807) is 13.1 Å². The van der Waals surface area contributed by atoms with Crippen LogP contribution in [0.15, 0.2) is 6.20 Å². The van der Waals surface area contributed by atoms with Crippen molar-refractivity contribution in [2.45, 2.75) is 13.8 Å². The Morgan fingerprint density at radius 1 is 1.07 bits per heavy atom. The van der Waals surface area contributed by atoms with Crippen molar-refractivity contribution in [2.75, 3.05) is 11.5 Å². The number of anilines is 2. The van der Waals surface area contributed by atoms with Gasteiger partial charge in [-0.3, -0.25) is 0 Å². The average molecular weight is 189 g/mol. The number of nitrogens with zero attached hydrogens (tertiary/aromatic N) is 3. The second-order valence-corrected chi connectivity index (χ2v) is 3.18. The number of hydrogen-bond donors (Lipinski definition) is 2. The maximum absolute atomic E-state index is 5.79. The van der Waals surface area contributed by atoms with Crippen LogP contribution in [0.25, 0.3) is 10.9 Å². The standard InChI is InChI=1S/C9H11N5/c1-4-7-6(3-12-8(4)10)13-5(2)14-9(7)11/h3H,1-2H3,(H2,10,12)(H2,11,13,14). The van der Waals surface area contributed by atoms with Gasteiger partial charge in [-0.15, -0.1) is 0 Å². The summed E-state index contributed by atoms with van der Waals surface area (Å²) in [6.45, 7) is 3.65. The summed E-state index contributed by atoms with van der Waals surface area (Å²) in [6.07, 6.45) is 1.61. The molecule has 0 aliphatic heterocycles. The first kappa shape index (κ1) is 8.68. The Bertz CT molecular complexity index is 506. The van der Waals surface area contributed by atoms with E-state index in [-0.39, 0.29) is 0 Å². The van der Waals surface area contributed by atoms with Crippen molar-refractivity contribution in [3.63, 3.8) is 0 Å². The summed E-state index contributed by atoms with van der Waals surface area (Å²) >= 11 is 0. The zero-order valence-electron chi connectivity index (χ0n) is 8.07. The smallest absolute Gasteiger partial charge is 0.135 e. The molecule has 0 atom stereocenters. The lowest BCUT2D eigenvalue weighted by atomic mass is 10.1. The maximum atomic E-state index is 5.79. The zero-order chi connectivity index (χ0) is 10.3. The van der Waals surface area contributed by atoms with Crippen LogP contribution in [0.1, 0.15) is 11.4 Å². The highest BCUT2D eigenvalue weighted by molar-refractivity contribution is 5.92. The normalized spacial score (nSPS) is 10.7. The van der Waals surface area contributed by atoms with Crippen LogP contribution in [0.2, 0.25) is 0 Å². The predicted molar refractivity (Wildman–Crippen MR) is 55.6 cm³/mol. The third-order valence-electron chi connectivity index (χ3n) is 2.16. The molecule has 2 heterocycles. The third kappa shape index (κ3) is 1.14. The van der Waals surface area contributed by atoms with Crippen LogP contribution in [0.3, 0.4) is 0 Å². The van der Waals surface area contributed by atoms with Crippen LogP contribution in [-0.4, -0.2) is 15.0 Å². The number of aryl methyl sites for hydroxylation is 2. The molecule has 0 saturated heterocycles. The lowest BCUT2D eigenvalue weighted by molar-refractivity contribution is 1.09. The highest BCUT2D eigenvalue weighted by Crippen LogP contribution is 2.23. The quantitative estimate of drug-likeness (QED) is 0.639. The van der Waals surface area contributed by atoms with E-state index in [1.807, 2.05) is 6.92 Å². The van der Waals surface area contributed by atoms with Crippen LogP contribution in [-0.2, 0) is 0 Å². The van der Waals surface area contributed by atoms with Gasteiger partial charge in [0.05, 0.1) is 17.1 Å². The van der Waals surface area contributed by atoms with Gasteiger partial charge in [-0.1, -0.05) is 0 Å². The molecule has 0 radical (unpaired) electrons. The molecule has 2 aromatic rings. The monoisotopic (exact) mass is 189 g/mol. The molecule has 5 nitrogen and oxygen atoms in total. The highest BCUT2D eigenvalue weighted by atomic mass is 15.0. The summed E-state index contributed by atoms with van der Waals surface area (Å²) < 4.78 is 0. The fourth-order valence-corrected chi connectivity index (χ4v) is 1.45. The lowest BCUT2D eigenvalue weighted by Crippen LogP contribution is -2.02. The summed E-state index contributed by atoms with van der Waals surface area (Å²) in [6, 6.07) is 0. The molecule has 72 valence electrons. The van der Waals surface area contributed by atoms with E-state index in [0.29, 0.717) is 17.5 Å². The molecule has 0 spiro atoms. The Balaban J connectivity index is 2.95. The minimum absolute atomic E-state index is 0.458. The van der Waals surface area contributed by atoms with E-state index in [0.717, 1.165) is 16.5 Å². The van der Waals surface area contributed by atoms with E-state index in [1.165, 1.54) is 0 Å². The third-order valence-corrected chi connectivity index (χ3v) is 2.16. The van der Waals surface area contributed by atoms with E-state index in [4.69, 9.17) is 11.5 Å². The van der Waals surface area contributed by atoms with Crippen LogP contribution >= 0.6 is 0 Å². The lowest BCUT2D eigenvalue weighted by Gasteiger charge is -2.06. The fraction of sp³-hybridized carbons (Fsp3) is 0.222. The van der Waals surface area contributed by atoms with E-state index in [9.17, 15) is 0 Å². The van der Waals surface area contributed by atoms with Gasteiger partial charge in [-0.2, -0.15) is 0 Å². The van der Waals surface area contributed by atoms with Gasteiger partial charge in [0.15, 0.2) is 0 Å². The van der Waals surface area contributed by atoms with Crippen molar-refractivity contribution < 1.29 is 0 Å². The summed E-state index contributed by atoms with van der Waals surface area (Å²) in [5.74, 6) is 1.57. The van der Waals surface area contributed by atoms with Crippen LogP contribution in [0.4, 0.5) is 11.6 Å². The zero-order valence-corrected chi connectivity index (χ0v) is 8.07. The molecule has 0 fully saturated rings. The van der Waals surface area contributed by atoms with Crippen molar-refractivity contribution >= 4 is 22.5 Å². The van der Waals surface area contributed by atoms with Crippen molar-refractivity contribution in [1.29, 1.82) is 0 Å². The van der Waals surface area contributed by atoms with Gasteiger partial charge in [0.2, 0.25) is 0 Å². The molecule has 0 aromatic carbocycles. The molecular formula is C9H11N5. The maximum Gasteiger partial charge on any atom is 0.135 e. The molecule has 4 N–H and O–H groups in total. The summed E-state index contributed by atoms with van der Waals surface area (Å²) in [5, 5.41) is 0.795. The molecule has 0 amide bonds. The second-order valence-electron chi connectivity index (χ2n) is 3.18. The molecule has 14 heavy (non-hydrogen) atoms. The minimum Gasteiger partial charge on any atom is -0.383 e. The Kier molecular flexibility index (Phi) is 1.73. The SMILES string of the molecule is Cc1nc(N)c2c(C)c(N)ncc2n1. The molecule has 0 aliphatic rings. The molecule has 2 rings (SSSR count). The minimum atomic E-state index is 0.458. The van der Waals surface area contributed by atoms with Crippen molar-refractivity contribution in [3.8, 4) is 0 Å². The Labute approximate surface area is 81.2 Å². The van der Waals surface area contributed by atoms with Gasteiger partial charge in [0, 0.05) is 5.56 Å². The van der Waals surface area contributed by atoms with Crippen LogP contribution in [0.5, 0.6) is 0 Å². The Morgan fingerprint density at radius 3 is 2.50 bits per heavy atom. The second kappa shape index (κ2) is 2.80. The molecule has 0 unspecified atom stereocenters.